The van der Waals surface area contributed by atoms with Crippen LogP contribution in [0.5, 0.6) is 0 Å². The molecule has 1 N–H and O–H groups in total. The van der Waals surface area contributed by atoms with E-state index in [4.69, 9.17) is 0 Å². The van der Waals surface area contributed by atoms with Gasteiger partial charge in [0.2, 0.25) is 0 Å². The van der Waals surface area contributed by atoms with Crippen molar-refractivity contribution in [2.45, 2.75) is 76.7 Å². The van der Waals surface area contributed by atoms with Crippen LogP contribution in [-0.2, 0) is 6.42 Å². The summed E-state index contributed by atoms with van der Waals surface area (Å²) >= 11 is 0. The first-order valence-corrected chi connectivity index (χ1v) is 9.45. The van der Waals surface area contributed by atoms with Crippen molar-refractivity contribution in [3.05, 3.63) is 29.8 Å². The standard InChI is InChI=1S/C20H30N2O/c23-21-18-12-7-5-3-1-2-4-6-8-14-20(18)22-16-15-17-11-9-10-13-19(17)22/h9-11,13,20,23H,1-8,12,14-16H2/b21-18-. The topological polar surface area (TPSA) is 35.8 Å². The molecule has 0 spiro atoms. The van der Waals surface area contributed by atoms with Crippen molar-refractivity contribution in [1.29, 1.82) is 0 Å². The molecule has 1 aliphatic carbocycles. The first-order valence-electron chi connectivity index (χ1n) is 9.45. The fourth-order valence-corrected chi connectivity index (χ4v) is 4.18. The van der Waals surface area contributed by atoms with Crippen molar-refractivity contribution in [2.24, 2.45) is 5.16 Å². The van der Waals surface area contributed by atoms with Crippen LogP contribution in [0.25, 0.3) is 0 Å². The lowest BCUT2D eigenvalue weighted by Gasteiger charge is -2.31. The molecule has 2 aliphatic rings. The summed E-state index contributed by atoms with van der Waals surface area (Å²) in [4.78, 5) is 2.50. The lowest BCUT2D eigenvalue weighted by atomic mass is 9.95. The van der Waals surface area contributed by atoms with Crippen LogP contribution in [0.3, 0.4) is 0 Å². The van der Waals surface area contributed by atoms with Crippen molar-refractivity contribution in [3.63, 3.8) is 0 Å². The lowest BCUT2D eigenvalue weighted by molar-refractivity contribution is 0.313. The SMILES string of the molecule is O/N=C1/CCCCCCCCCCC1N1CCc2ccccc21. The Kier molecular flexibility index (Phi) is 5.95. The molecule has 3 nitrogen and oxygen atoms in total. The third-order valence-electron chi connectivity index (χ3n) is 5.47. The zero-order chi connectivity index (χ0) is 15.9. The van der Waals surface area contributed by atoms with Gasteiger partial charge in [-0.1, -0.05) is 68.3 Å². The number of para-hydroxylation sites is 1. The van der Waals surface area contributed by atoms with Gasteiger partial charge in [0, 0.05) is 12.2 Å². The molecule has 0 radical (unpaired) electrons. The van der Waals surface area contributed by atoms with Gasteiger partial charge < -0.3 is 10.1 Å². The van der Waals surface area contributed by atoms with Crippen LogP contribution in [0.2, 0.25) is 0 Å². The maximum atomic E-state index is 9.64. The maximum Gasteiger partial charge on any atom is 0.0794 e. The zero-order valence-electron chi connectivity index (χ0n) is 14.2. The van der Waals surface area contributed by atoms with Gasteiger partial charge in [-0.15, -0.1) is 0 Å². The summed E-state index contributed by atoms with van der Waals surface area (Å²) in [5, 5.41) is 13.4. The van der Waals surface area contributed by atoms with Gasteiger partial charge in [-0.2, -0.15) is 0 Å². The van der Waals surface area contributed by atoms with Gasteiger partial charge in [0.1, 0.15) is 0 Å². The largest absolute Gasteiger partial charge is 0.411 e. The molecule has 0 amide bonds. The van der Waals surface area contributed by atoms with E-state index < -0.39 is 0 Å². The first kappa shape index (κ1) is 16.4. The number of oxime groups is 1. The molecule has 1 aromatic rings. The van der Waals surface area contributed by atoms with Gasteiger partial charge in [-0.3, -0.25) is 0 Å². The summed E-state index contributed by atoms with van der Waals surface area (Å²) in [5.74, 6) is 0. The Labute approximate surface area is 140 Å². The van der Waals surface area contributed by atoms with Crippen LogP contribution in [0.15, 0.2) is 29.4 Å². The van der Waals surface area contributed by atoms with Gasteiger partial charge >= 0.3 is 0 Å². The molecule has 1 atom stereocenters. The van der Waals surface area contributed by atoms with E-state index >= 15 is 0 Å². The molecule has 1 heterocycles. The Hall–Kier alpha value is -1.51. The first-order chi connectivity index (χ1) is 11.4. The van der Waals surface area contributed by atoms with Gasteiger partial charge in [0.25, 0.3) is 0 Å². The monoisotopic (exact) mass is 314 g/mol. The van der Waals surface area contributed by atoms with Crippen LogP contribution in [-0.4, -0.2) is 23.5 Å². The summed E-state index contributed by atoms with van der Waals surface area (Å²) in [6.45, 7) is 1.06. The van der Waals surface area contributed by atoms with Crippen molar-refractivity contribution in [2.75, 3.05) is 11.4 Å². The number of anilines is 1. The fourth-order valence-electron chi connectivity index (χ4n) is 4.18. The molecular weight excluding hydrogens is 284 g/mol. The molecule has 3 rings (SSSR count). The Morgan fingerprint density at radius 3 is 2.35 bits per heavy atom. The highest BCUT2D eigenvalue weighted by Gasteiger charge is 2.29. The Balaban J connectivity index is 1.77. The number of benzene rings is 1. The third-order valence-corrected chi connectivity index (χ3v) is 5.47. The summed E-state index contributed by atoms with van der Waals surface area (Å²) in [7, 11) is 0. The summed E-state index contributed by atoms with van der Waals surface area (Å²) in [6, 6.07) is 9.00. The van der Waals surface area contributed by atoms with Crippen LogP contribution in [0.1, 0.15) is 69.8 Å². The van der Waals surface area contributed by atoms with Crippen molar-refractivity contribution < 1.29 is 5.21 Å². The van der Waals surface area contributed by atoms with E-state index in [2.05, 4.69) is 34.3 Å². The van der Waals surface area contributed by atoms with E-state index in [0.29, 0.717) is 0 Å². The normalized spacial score (nSPS) is 25.7. The van der Waals surface area contributed by atoms with Crippen molar-refractivity contribution in [3.8, 4) is 0 Å². The molecule has 1 aromatic carbocycles. The number of rotatable bonds is 1. The van der Waals surface area contributed by atoms with Gasteiger partial charge in [0.15, 0.2) is 0 Å². The second-order valence-electron chi connectivity index (χ2n) is 7.05. The van der Waals surface area contributed by atoms with Crippen LogP contribution < -0.4 is 4.90 Å². The van der Waals surface area contributed by atoms with E-state index in [9.17, 15) is 5.21 Å². The number of hydrogen-bond acceptors (Lipinski definition) is 3. The summed E-state index contributed by atoms with van der Waals surface area (Å²) in [6.07, 6.45) is 13.6. The molecule has 1 saturated carbocycles. The third kappa shape index (κ3) is 4.07. The molecular formula is C20H30N2O. The average molecular weight is 314 g/mol. The molecule has 0 aromatic heterocycles. The Bertz CT molecular complexity index is 526. The smallest absolute Gasteiger partial charge is 0.0794 e. The predicted molar refractivity (Wildman–Crippen MR) is 96.7 cm³/mol. The van der Waals surface area contributed by atoms with Crippen LogP contribution in [0.4, 0.5) is 5.69 Å². The van der Waals surface area contributed by atoms with E-state index in [-0.39, 0.29) is 6.04 Å². The minimum absolute atomic E-state index is 0.281. The van der Waals surface area contributed by atoms with E-state index in [1.807, 2.05) is 0 Å². The average Bonchev–Trinajstić information content (AvgIpc) is 2.99. The highest BCUT2D eigenvalue weighted by Crippen LogP contribution is 2.32. The molecule has 1 unspecified atom stereocenters. The second-order valence-corrected chi connectivity index (χ2v) is 7.05. The molecule has 0 bridgehead atoms. The van der Waals surface area contributed by atoms with Crippen LogP contribution >= 0.6 is 0 Å². The number of nitrogens with zero attached hydrogens (tertiary/aromatic N) is 2. The van der Waals surface area contributed by atoms with E-state index in [1.165, 1.54) is 56.2 Å². The molecule has 1 aliphatic heterocycles. The quantitative estimate of drug-likeness (QED) is 0.574. The van der Waals surface area contributed by atoms with Crippen molar-refractivity contribution in [1.82, 2.24) is 0 Å². The molecule has 23 heavy (non-hydrogen) atoms. The number of fused-ring (bicyclic) bond motifs is 1. The summed E-state index contributed by atoms with van der Waals surface area (Å²) < 4.78 is 0. The van der Waals surface area contributed by atoms with Crippen molar-refractivity contribution >= 4 is 11.4 Å². The lowest BCUT2D eigenvalue weighted by Crippen LogP contribution is -2.40. The molecule has 0 saturated heterocycles. The zero-order valence-corrected chi connectivity index (χ0v) is 14.2. The predicted octanol–water partition coefficient (Wildman–Crippen LogP) is 5.16. The van der Waals surface area contributed by atoms with E-state index in [1.54, 1.807) is 0 Å². The number of hydrogen-bond donors (Lipinski definition) is 1. The molecule has 126 valence electrons. The fraction of sp³-hybridized carbons (Fsp3) is 0.650. The highest BCUT2D eigenvalue weighted by molar-refractivity contribution is 5.92. The maximum absolute atomic E-state index is 9.64. The minimum Gasteiger partial charge on any atom is -0.411 e. The molecule has 1 fully saturated rings. The summed E-state index contributed by atoms with van der Waals surface area (Å²) in [5.41, 5.74) is 3.80. The minimum atomic E-state index is 0.281. The van der Waals surface area contributed by atoms with Crippen LogP contribution in [0, 0.1) is 0 Å². The van der Waals surface area contributed by atoms with Gasteiger partial charge in [-0.05, 0) is 37.3 Å². The Morgan fingerprint density at radius 1 is 0.870 bits per heavy atom. The second kappa shape index (κ2) is 8.37. The Morgan fingerprint density at radius 2 is 1.57 bits per heavy atom. The van der Waals surface area contributed by atoms with Gasteiger partial charge in [-0.25, -0.2) is 0 Å². The molecule has 3 heteroatoms. The van der Waals surface area contributed by atoms with E-state index in [0.717, 1.165) is 37.9 Å². The highest BCUT2D eigenvalue weighted by atomic mass is 16.4. The van der Waals surface area contributed by atoms with Gasteiger partial charge in [0.05, 0.1) is 11.8 Å².